The maximum absolute atomic E-state index is 13.4. The molecule has 2 atom stereocenters. The molecule has 0 N–H and O–H groups in total. The monoisotopic (exact) mass is 384 g/mol. The number of hydrogen-bond acceptors (Lipinski definition) is 5. The summed E-state index contributed by atoms with van der Waals surface area (Å²) >= 11 is 0. The molecule has 1 aromatic carbocycles. The van der Waals surface area contributed by atoms with Crippen molar-refractivity contribution in [3.63, 3.8) is 0 Å². The van der Waals surface area contributed by atoms with Gasteiger partial charge in [0.05, 0.1) is 0 Å². The quantitative estimate of drug-likeness (QED) is 0.430. The van der Waals surface area contributed by atoms with Crippen molar-refractivity contribution < 1.29 is 23.9 Å². The SMILES string of the molecule is C=CCC1([C@H](c2ccccc2)[C@@]2(C)CCCCC2=O)C(=O)OC(C)(C)OC1=O. The number of ketones is 1. The van der Waals surface area contributed by atoms with E-state index < -0.39 is 34.5 Å². The van der Waals surface area contributed by atoms with Gasteiger partial charge in [-0.25, -0.2) is 0 Å². The van der Waals surface area contributed by atoms with E-state index in [-0.39, 0.29) is 12.2 Å². The molecule has 0 bridgehead atoms. The van der Waals surface area contributed by atoms with Crippen LogP contribution < -0.4 is 0 Å². The van der Waals surface area contributed by atoms with Gasteiger partial charge in [-0.15, -0.1) is 6.58 Å². The van der Waals surface area contributed by atoms with E-state index in [0.29, 0.717) is 12.8 Å². The lowest BCUT2D eigenvalue weighted by Gasteiger charge is -2.50. The number of carbonyl (C=O) groups is 3. The number of ether oxygens (including phenoxy) is 2. The van der Waals surface area contributed by atoms with Gasteiger partial charge in [0, 0.05) is 31.6 Å². The molecule has 0 radical (unpaired) electrons. The Morgan fingerprint density at radius 1 is 1.04 bits per heavy atom. The second kappa shape index (κ2) is 7.19. The lowest BCUT2D eigenvalue weighted by Crippen LogP contribution is -2.60. The minimum atomic E-state index is -1.64. The molecule has 2 aliphatic rings. The second-order valence-corrected chi connectivity index (χ2v) is 8.53. The van der Waals surface area contributed by atoms with Crippen LogP contribution in [0.1, 0.15) is 64.4 Å². The Balaban J connectivity index is 2.25. The average Bonchev–Trinajstić information content (AvgIpc) is 2.62. The van der Waals surface area contributed by atoms with Gasteiger partial charge in [-0.05, 0) is 24.8 Å². The summed E-state index contributed by atoms with van der Waals surface area (Å²) in [4.78, 5) is 39.8. The Hall–Kier alpha value is -2.43. The van der Waals surface area contributed by atoms with Gasteiger partial charge in [0.2, 0.25) is 0 Å². The maximum atomic E-state index is 13.4. The van der Waals surface area contributed by atoms with E-state index >= 15 is 0 Å². The van der Waals surface area contributed by atoms with Crippen LogP contribution in [0.4, 0.5) is 0 Å². The number of esters is 2. The smallest absolute Gasteiger partial charge is 0.327 e. The number of hydrogen-bond donors (Lipinski definition) is 0. The molecule has 1 aliphatic carbocycles. The van der Waals surface area contributed by atoms with Crippen LogP contribution in [0, 0.1) is 10.8 Å². The predicted octanol–water partition coefficient (Wildman–Crippen LogP) is 4.32. The lowest BCUT2D eigenvalue weighted by molar-refractivity contribution is -0.255. The van der Waals surface area contributed by atoms with Crippen molar-refractivity contribution in [2.45, 2.75) is 64.6 Å². The topological polar surface area (TPSA) is 69.7 Å². The Morgan fingerprint density at radius 2 is 1.64 bits per heavy atom. The number of Topliss-reactive ketones (excluding diaryl/α,β-unsaturated/α-hetero) is 1. The summed E-state index contributed by atoms with van der Waals surface area (Å²) < 4.78 is 11.1. The van der Waals surface area contributed by atoms with Gasteiger partial charge in [-0.2, -0.15) is 0 Å². The van der Waals surface area contributed by atoms with E-state index in [2.05, 4.69) is 6.58 Å². The standard InChI is InChI=1S/C23H28O5/c1-5-14-23(19(25)27-21(2,3)28-20(23)26)18(16-11-7-6-8-12-16)22(4)15-10-9-13-17(22)24/h5-8,11-12,18H,1,9-10,13-15H2,2-4H3/t18-,22+/m1/s1. The van der Waals surface area contributed by atoms with Crippen LogP contribution in [0.25, 0.3) is 0 Å². The van der Waals surface area contributed by atoms with Crippen LogP contribution in [0.2, 0.25) is 0 Å². The Morgan fingerprint density at radius 3 is 2.18 bits per heavy atom. The highest BCUT2D eigenvalue weighted by Gasteiger charge is 2.65. The van der Waals surface area contributed by atoms with Crippen molar-refractivity contribution in [3.8, 4) is 0 Å². The zero-order valence-electron chi connectivity index (χ0n) is 16.8. The van der Waals surface area contributed by atoms with Crippen molar-refractivity contribution in [2.24, 2.45) is 10.8 Å². The van der Waals surface area contributed by atoms with Crippen LogP contribution >= 0.6 is 0 Å². The molecule has 3 rings (SSSR count). The molecule has 28 heavy (non-hydrogen) atoms. The van der Waals surface area contributed by atoms with Crippen LogP contribution in [-0.2, 0) is 23.9 Å². The third kappa shape index (κ3) is 3.17. The number of cyclic esters (lactones) is 2. The summed E-state index contributed by atoms with van der Waals surface area (Å²) in [7, 11) is 0. The largest absolute Gasteiger partial charge is 0.422 e. The molecule has 1 saturated heterocycles. The molecule has 5 nitrogen and oxygen atoms in total. The van der Waals surface area contributed by atoms with Crippen molar-refractivity contribution in [1.82, 2.24) is 0 Å². The van der Waals surface area contributed by atoms with Gasteiger partial charge < -0.3 is 9.47 Å². The minimum Gasteiger partial charge on any atom is -0.422 e. The van der Waals surface area contributed by atoms with Gasteiger partial charge in [-0.1, -0.05) is 49.8 Å². The third-order valence-electron chi connectivity index (χ3n) is 6.12. The van der Waals surface area contributed by atoms with Crippen molar-refractivity contribution in [3.05, 3.63) is 48.6 Å². The van der Waals surface area contributed by atoms with Gasteiger partial charge >= 0.3 is 11.9 Å². The summed E-state index contributed by atoms with van der Waals surface area (Å²) in [6.45, 7) is 8.71. The Bertz CT molecular complexity index is 774. The lowest BCUT2D eigenvalue weighted by atomic mass is 9.54. The first-order valence-electron chi connectivity index (χ1n) is 9.83. The average molecular weight is 384 g/mol. The van der Waals surface area contributed by atoms with Crippen LogP contribution in [0.5, 0.6) is 0 Å². The molecular formula is C23H28O5. The molecule has 0 unspecified atom stereocenters. The van der Waals surface area contributed by atoms with E-state index in [1.165, 1.54) is 19.9 Å². The van der Waals surface area contributed by atoms with Crippen molar-refractivity contribution >= 4 is 17.7 Å². The fourth-order valence-electron chi connectivity index (χ4n) is 4.83. The van der Waals surface area contributed by atoms with Crippen molar-refractivity contribution in [2.75, 3.05) is 0 Å². The van der Waals surface area contributed by atoms with E-state index in [1.807, 2.05) is 37.3 Å². The summed E-state index contributed by atoms with van der Waals surface area (Å²) in [5, 5.41) is 0. The van der Waals surface area contributed by atoms with Crippen LogP contribution in [0.3, 0.4) is 0 Å². The number of rotatable bonds is 5. The Labute approximate surface area is 166 Å². The Kier molecular flexibility index (Phi) is 5.22. The highest BCUT2D eigenvalue weighted by atomic mass is 16.7. The molecule has 1 aromatic rings. The predicted molar refractivity (Wildman–Crippen MR) is 104 cm³/mol. The zero-order chi connectivity index (χ0) is 20.6. The van der Waals surface area contributed by atoms with Crippen LogP contribution in [-0.4, -0.2) is 23.5 Å². The fraction of sp³-hybridized carbons (Fsp3) is 0.522. The van der Waals surface area contributed by atoms with Crippen molar-refractivity contribution in [1.29, 1.82) is 0 Å². The summed E-state index contributed by atoms with van der Waals surface area (Å²) in [6, 6.07) is 9.30. The highest BCUT2D eigenvalue weighted by Crippen LogP contribution is 2.57. The number of carbonyl (C=O) groups excluding carboxylic acids is 3. The van der Waals surface area contributed by atoms with E-state index in [1.54, 1.807) is 0 Å². The molecule has 0 amide bonds. The fourth-order valence-corrected chi connectivity index (χ4v) is 4.83. The molecule has 0 spiro atoms. The van der Waals surface area contributed by atoms with Gasteiger partial charge in [0.15, 0.2) is 5.41 Å². The summed E-state index contributed by atoms with van der Waals surface area (Å²) in [6.07, 6.45) is 4.32. The second-order valence-electron chi connectivity index (χ2n) is 8.53. The molecule has 0 aromatic heterocycles. The molecule has 150 valence electrons. The van der Waals surface area contributed by atoms with Gasteiger partial charge in [0.25, 0.3) is 5.79 Å². The van der Waals surface area contributed by atoms with E-state index in [9.17, 15) is 14.4 Å². The molecule has 1 saturated carbocycles. The van der Waals surface area contributed by atoms with Gasteiger partial charge in [-0.3, -0.25) is 14.4 Å². The first kappa shape index (κ1) is 20.3. The van der Waals surface area contributed by atoms with Gasteiger partial charge in [0.1, 0.15) is 5.78 Å². The third-order valence-corrected chi connectivity index (χ3v) is 6.12. The number of benzene rings is 1. The van der Waals surface area contributed by atoms with E-state index in [4.69, 9.17) is 9.47 Å². The molecule has 2 fully saturated rings. The first-order chi connectivity index (χ1) is 13.2. The maximum Gasteiger partial charge on any atom is 0.327 e. The molecule has 1 heterocycles. The molecule has 1 aliphatic heterocycles. The minimum absolute atomic E-state index is 0.0448. The summed E-state index contributed by atoms with van der Waals surface area (Å²) in [5.74, 6) is -3.26. The normalized spacial score (nSPS) is 27.5. The van der Waals surface area contributed by atoms with Crippen LogP contribution in [0.15, 0.2) is 43.0 Å². The zero-order valence-corrected chi connectivity index (χ0v) is 16.8. The number of allylic oxidation sites excluding steroid dienone is 1. The highest BCUT2D eigenvalue weighted by molar-refractivity contribution is 6.04. The first-order valence-corrected chi connectivity index (χ1v) is 9.83. The van der Waals surface area contributed by atoms with E-state index in [0.717, 1.165) is 18.4 Å². The molecular weight excluding hydrogens is 356 g/mol. The molecule has 5 heteroatoms. The summed E-state index contributed by atoms with van der Waals surface area (Å²) in [5.41, 5.74) is -1.75.